The lowest BCUT2D eigenvalue weighted by molar-refractivity contribution is -0.136. The molecule has 0 radical (unpaired) electrons. The van der Waals surface area contributed by atoms with Gasteiger partial charge < -0.3 is 15.4 Å². The molecule has 28 heavy (non-hydrogen) atoms. The van der Waals surface area contributed by atoms with Gasteiger partial charge in [0, 0.05) is 17.0 Å². The van der Waals surface area contributed by atoms with Crippen LogP contribution >= 0.6 is 11.8 Å². The molecule has 1 amide bonds. The number of imidazole rings is 1. The lowest BCUT2D eigenvalue weighted by atomic mass is 10.2. The van der Waals surface area contributed by atoms with E-state index in [4.69, 9.17) is 5.11 Å². The van der Waals surface area contributed by atoms with Gasteiger partial charge in [-0.2, -0.15) is 0 Å². The zero-order valence-electron chi connectivity index (χ0n) is 15.9. The number of fused-ring (bicyclic) bond motifs is 1. The number of anilines is 1. The van der Waals surface area contributed by atoms with E-state index in [0.717, 1.165) is 47.9 Å². The van der Waals surface area contributed by atoms with Crippen molar-refractivity contribution < 1.29 is 14.7 Å². The number of aromatic amines is 1. The first kappa shape index (κ1) is 19.9. The van der Waals surface area contributed by atoms with Crippen molar-refractivity contribution in [3.63, 3.8) is 0 Å². The summed E-state index contributed by atoms with van der Waals surface area (Å²) in [5.41, 5.74) is 2.87. The Kier molecular flexibility index (Phi) is 6.36. The normalized spacial score (nSPS) is 12.1. The Hall–Kier alpha value is -2.80. The van der Waals surface area contributed by atoms with Gasteiger partial charge in [-0.25, -0.2) is 4.98 Å². The molecule has 1 atom stereocenters. The molecule has 146 valence electrons. The number of rotatable bonds is 8. The van der Waals surface area contributed by atoms with Crippen molar-refractivity contribution in [3.8, 4) is 0 Å². The molecule has 0 fully saturated rings. The number of hydrogen-bond donors (Lipinski definition) is 3. The number of carboxylic acids is 1. The number of H-pyrrole nitrogens is 1. The van der Waals surface area contributed by atoms with Crippen LogP contribution < -0.4 is 5.32 Å². The predicted octanol–water partition coefficient (Wildman–Crippen LogP) is 4.72. The van der Waals surface area contributed by atoms with Crippen LogP contribution in [0.25, 0.3) is 11.0 Å². The van der Waals surface area contributed by atoms with Crippen LogP contribution in [0.5, 0.6) is 0 Å². The first-order chi connectivity index (χ1) is 13.5. The summed E-state index contributed by atoms with van der Waals surface area (Å²) in [7, 11) is 0. The van der Waals surface area contributed by atoms with Crippen LogP contribution in [0.2, 0.25) is 0 Å². The van der Waals surface area contributed by atoms with Gasteiger partial charge in [0.2, 0.25) is 0 Å². The Morgan fingerprint density at radius 3 is 2.79 bits per heavy atom. The monoisotopic (exact) mass is 397 g/mol. The van der Waals surface area contributed by atoms with Crippen molar-refractivity contribution in [1.29, 1.82) is 0 Å². The highest BCUT2D eigenvalue weighted by Crippen LogP contribution is 2.28. The second-order valence-corrected chi connectivity index (χ2v) is 7.95. The maximum Gasteiger partial charge on any atom is 0.316 e. The third-order valence-corrected chi connectivity index (χ3v) is 5.50. The van der Waals surface area contributed by atoms with Gasteiger partial charge in [0.15, 0.2) is 0 Å². The van der Waals surface area contributed by atoms with E-state index in [2.05, 4.69) is 22.2 Å². The van der Waals surface area contributed by atoms with Crippen molar-refractivity contribution in [3.05, 3.63) is 53.9 Å². The standard InChI is InChI=1S/C21H23N3O3S/c1-3-4-9-19-23-16-11-10-14(12-17(16)24-19)22-20(25)15-7-5-6-8-18(15)28-13(2)21(26)27/h5-8,10-13H,3-4,9H2,1-2H3,(H,22,25)(H,23,24)(H,26,27). The number of aliphatic carboxylic acids is 1. The van der Waals surface area contributed by atoms with E-state index in [0.29, 0.717) is 16.1 Å². The number of thioether (sulfide) groups is 1. The molecule has 3 rings (SSSR count). The van der Waals surface area contributed by atoms with Crippen molar-refractivity contribution in [2.75, 3.05) is 5.32 Å². The number of carbonyl (C=O) groups is 2. The van der Waals surface area contributed by atoms with Gasteiger partial charge in [0.1, 0.15) is 11.1 Å². The number of unbranched alkanes of at least 4 members (excludes halogenated alkanes) is 1. The molecule has 0 aliphatic rings. The third-order valence-electron chi connectivity index (χ3n) is 4.34. The number of amides is 1. The Balaban J connectivity index is 1.78. The van der Waals surface area contributed by atoms with Gasteiger partial charge in [-0.05, 0) is 43.7 Å². The van der Waals surface area contributed by atoms with E-state index >= 15 is 0 Å². The van der Waals surface area contributed by atoms with Crippen LogP contribution in [0.4, 0.5) is 5.69 Å². The highest BCUT2D eigenvalue weighted by molar-refractivity contribution is 8.00. The molecule has 2 aromatic carbocycles. The van der Waals surface area contributed by atoms with Crippen LogP contribution in [0.3, 0.4) is 0 Å². The fourth-order valence-electron chi connectivity index (χ4n) is 2.80. The summed E-state index contributed by atoms with van der Waals surface area (Å²) < 4.78 is 0. The van der Waals surface area contributed by atoms with E-state index < -0.39 is 11.2 Å². The molecule has 7 heteroatoms. The Bertz CT molecular complexity index is 999. The molecule has 1 aromatic heterocycles. The summed E-state index contributed by atoms with van der Waals surface area (Å²) in [5, 5.41) is 11.4. The van der Waals surface area contributed by atoms with Crippen LogP contribution in [0.1, 0.15) is 42.9 Å². The third kappa shape index (κ3) is 4.72. The summed E-state index contributed by atoms with van der Waals surface area (Å²) in [6.07, 6.45) is 3.09. The first-order valence-electron chi connectivity index (χ1n) is 9.26. The van der Waals surface area contributed by atoms with Crippen molar-refractivity contribution >= 4 is 40.4 Å². The Morgan fingerprint density at radius 2 is 2.04 bits per heavy atom. The smallest absolute Gasteiger partial charge is 0.316 e. The molecule has 1 heterocycles. The SMILES string of the molecule is CCCCc1nc2ccc(NC(=O)c3ccccc3SC(C)C(=O)O)cc2[nH]1. The lowest BCUT2D eigenvalue weighted by Crippen LogP contribution is -2.15. The second kappa shape index (κ2) is 8.93. The van der Waals surface area contributed by atoms with Crippen molar-refractivity contribution in [2.24, 2.45) is 0 Å². The highest BCUT2D eigenvalue weighted by Gasteiger charge is 2.18. The van der Waals surface area contributed by atoms with Crippen LogP contribution in [0.15, 0.2) is 47.4 Å². The molecule has 0 aliphatic carbocycles. The quantitative estimate of drug-likeness (QED) is 0.478. The molecular weight excluding hydrogens is 374 g/mol. The topological polar surface area (TPSA) is 95.1 Å². The summed E-state index contributed by atoms with van der Waals surface area (Å²) in [4.78, 5) is 32.4. The number of carbonyl (C=O) groups excluding carboxylic acids is 1. The molecule has 3 aromatic rings. The zero-order chi connectivity index (χ0) is 20.1. The molecule has 6 nitrogen and oxygen atoms in total. The molecular formula is C21H23N3O3S. The zero-order valence-corrected chi connectivity index (χ0v) is 16.7. The summed E-state index contributed by atoms with van der Waals surface area (Å²) in [5.74, 6) is -0.237. The number of hydrogen-bond acceptors (Lipinski definition) is 4. The van der Waals surface area contributed by atoms with Crippen LogP contribution in [-0.2, 0) is 11.2 Å². The maximum absolute atomic E-state index is 12.8. The van der Waals surface area contributed by atoms with E-state index in [1.807, 2.05) is 18.2 Å². The fourth-order valence-corrected chi connectivity index (χ4v) is 3.73. The fraction of sp³-hybridized carbons (Fsp3) is 0.286. The maximum atomic E-state index is 12.8. The Labute approximate surface area is 167 Å². The number of benzene rings is 2. The van der Waals surface area contributed by atoms with Gasteiger partial charge in [0.05, 0.1) is 16.6 Å². The van der Waals surface area contributed by atoms with E-state index in [1.54, 1.807) is 31.2 Å². The number of nitrogens with one attached hydrogen (secondary N) is 2. The molecule has 0 aliphatic heterocycles. The summed E-state index contributed by atoms with van der Waals surface area (Å²) in [6, 6.07) is 12.6. The second-order valence-electron chi connectivity index (χ2n) is 6.57. The number of carboxylic acid groups (broad SMARTS) is 1. The molecule has 0 spiro atoms. The number of nitrogens with zero attached hydrogens (tertiary/aromatic N) is 1. The average Bonchev–Trinajstić information content (AvgIpc) is 3.08. The van der Waals surface area contributed by atoms with Gasteiger partial charge in [-0.3, -0.25) is 9.59 Å². The number of aromatic nitrogens is 2. The van der Waals surface area contributed by atoms with Crippen molar-refractivity contribution in [2.45, 2.75) is 43.3 Å². The molecule has 3 N–H and O–H groups in total. The van der Waals surface area contributed by atoms with E-state index in [9.17, 15) is 9.59 Å². The van der Waals surface area contributed by atoms with Gasteiger partial charge >= 0.3 is 5.97 Å². The Morgan fingerprint density at radius 1 is 1.25 bits per heavy atom. The number of aryl methyl sites for hydroxylation is 1. The summed E-state index contributed by atoms with van der Waals surface area (Å²) >= 11 is 1.15. The minimum Gasteiger partial charge on any atom is -0.480 e. The van der Waals surface area contributed by atoms with Crippen LogP contribution in [0, 0.1) is 0 Å². The first-order valence-corrected chi connectivity index (χ1v) is 10.1. The largest absolute Gasteiger partial charge is 0.480 e. The lowest BCUT2D eigenvalue weighted by Gasteiger charge is -2.12. The average molecular weight is 398 g/mol. The van der Waals surface area contributed by atoms with Gasteiger partial charge in [0.25, 0.3) is 5.91 Å². The minimum atomic E-state index is -0.913. The van der Waals surface area contributed by atoms with Crippen molar-refractivity contribution in [1.82, 2.24) is 9.97 Å². The van der Waals surface area contributed by atoms with E-state index in [-0.39, 0.29) is 5.91 Å². The van der Waals surface area contributed by atoms with Gasteiger partial charge in [-0.1, -0.05) is 25.5 Å². The van der Waals surface area contributed by atoms with Crippen LogP contribution in [-0.4, -0.2) is 32.2 Å². The van der Waals surface area contributed by atoms with Gasteiger partial charge in [-0.15, -0.1) is 11.8 Å². The molecule has 0 saturated heterocycles. The minimum absolute atomic E-state index is 0.272. The molecule has 0 saturated carbocycles. The molecule has 1 unspecified atom stereocenters. The molecule has 0 bridgehead atoms. The highest BCUT2D eigenvalue weighted by atomic mass is 32.2. The summed E-state index contributed by atoms with van der Waals surface area (Å²) in [6.45, 7) is 3.74. The predicted molar refractivity (Wildman–Crippen MR) is 112 cm³/mol. The van der Waals surface area contributed by atoms with E-state index in [1.165, 1.54) is 0 Å².